The molecule has 0 heterocycles. The quantitative estimate of drug-likeness (QED) is 0.816. The molecule has 110 valence electrons. The van der Waals surface area contributed by atoms with Crippen LogP contribution in [0.15, 0.2) is 78.1 Å². The smallest absolute Gasteiger partial charge is 0.258 e. The summed E-state index contributed by atoms with van der Waals surface area (Å²) in [5, 5.41) is 20.7. The molecule has 0 atom stereocenters. The largest absolute Gasteiger partial charge is 0.593 e. The maximum Gasteiger partial charge on any atom is 0.258 e. The second-order valence-corrected chi connectivity index (χ2v) is 5.35. The van der Waals surface area contributed by atoms with Crippen LogP contribution in [0, 0.1) is 0 Å². The first-order valence-corrected chi connectivity index (χ1v) is 7.36. The third-order valence-electron chi connectivity index (χ3n) is 3.88. The molecule has 2 heteroatoms. The normalized spacial score (nSPS) is 17.0. The van der Waals surface area contributed by atoms with Gasteiger partial charge in [0.15, 0.2) is 0 Å². The summed E-state index contributed by atoms with van der Waals surface area (Å²) in [6, 6.07) is 11.6. The van der Waals surface area contributed by atoms with Crippen LogP contribution in [0.2, 0.25) is 0 Å². The lowest BCUT2D eigenvalue weighted by molar-refractivity contribution is 0.431. The molecule has 0 unspecified atom stereocenters. The molecule has 1 aliphatic rings. The van der Waals surface area contributed by atoms with E-state index in [4.69, 9.17) is 5.11 Å². The molecule has 0 saturated heterocycles. The Hall–Kier alpha value is -2.74. The lowest BCUT2D eigenvalue weighted by Gasteiger charge is -2.15. The van der Waals surface area contributed by atoms with Gasteiger partial charge in [-0.15, -0.1) is 0 Å². The van der Waals surface area contributed by atoms with E-state index in [0.29, 0.717) is 12.2 Å². The first-order valence-electron chi connectivity index (χ1n) is 7.36. The second-order valence-electron chi connectivity index (χ2n) is 5.35. The fourth-order valence-corrected chi connectivity index (χ4v) is 2.78. The molecule has 0 saturated carbocycles. The molecular formula is C20H19O2+. The van der Waals surface area contributed by atoms with Gasteiger partial charge in [0.1, 0.15) is 5.75 Å². The number of allylic oxidation sites excluding steroid dienone is 7. The van der Waals surface area contributed by atoms with Gasteiger partial charge in [0.2, 0.25) is 0 Å². The molecule has 0 aromatic heterocycles. The van der Waals surface area contributed by atoms with E-state index in [-0.39, 0.29) is 5.75 Å². The predicted octanol–water partition coefficient (Wildman–Crippen LogP) is 4.44. The van der Waals surface area contributed by atoms with Gasteiger partial charge in [0, 0.05) is 18.1 Å². The van der Waals surface area contributed by atoms with E-state index in [1.807, 2.05) is 61.6 Å². The van der Waals surface area contributed by atoms with Gasteiger partial charge >= 0.3 is 0 Å². The standard InChI is InChI=1S/C20H18O2/c1-2-3-6-14-9-11-18(21)17(13-14)20-16-8-5-4-7-15(16)10-12-19(20)22/h2-12,21-22H,13H2,1H3/p+1/b3-2-,14-6-. The van der Waals surface area contributed by atoms with Crippen molar-refractivity contribution >= 4 is 16.3 Å². The van der Waals surface area contributed by atoms with Crippen LogP contribution in [0.3, 0.4) is 0 Å². The minimum absolute atomic E-state index is 0.235. The van der Waals surface area contributed by atoms with Crippen molar-refractivity contribution in [1.82, 2.24) is 0 Å². The van der Waals surface area contributed by atoms with E-state index in [2.05, 4.69) is 0 Å². The molecule has 2 nitrogen and oxygen atoms in total. The van der Waals surface area contributed by atoms with Crippen molar-refractivity contribution in [2.24, 2.45) is 0 Å². The van der Waals surface area contributed by atoms with Crippen molar-refractivity contribution in [2.75, 3.05) is 0 Å². The Balaban J connectivity index is 2.18. The Labute approximate surface area is 130 Å². The van der Waals surface area contributed by atoms with E-state index in [1.165, 1.54) is 0 Å². The summed E-state index contributed by atoms with van der Waals surface area (Å²) in [5.74, 6) is 0.698. The van der Waals surface area contributed by atoms with Gasteiger partial charge in [-0.1, -0.05) is 48.6 Å². The van der Waals surface area contributed by atoms with Gasteiger partial charge in [0.25, 0.3) is 5.76 Å². The Morgan fingerprint density at radius 1 is 1.09 bits per heavy atom. The van der Waals surface area contributed by atoms with Crippen molar-refractivity contribution in [3.8, 4) is 5.75 Å². The third-order valence-corrected chi connectivity index (χ3v) is 3.88. The van der Waals surface area contributed by atoms with Crippen LogP contribution in [0.25, 0.3) is 16.3 Å². The third kappa shape index (κ3) is 2.56. The van der Waals surface area contributed by atoms with Crippen LogP contribution < -0.4 is 0 Å². The van der Waals surface area contributed by atoms with Gasteiger partial charge in [0.05, 0.1) is 5.57 Å². The number of fused-ring (bicyclic) bond motifs is 1. The molecule has 0 spiro atoms. The van der Waals surface area contributed by atoms with Crippen LogP contribution >= 0.6 is 0 Å². The zero-order chi connectivity index (χ0) is 15.5. The van der Waals surface area contributed by atoms with Crippen molar-refractivity contribution in [2.45, 2.75) is 13.3 Å². The number of benzene rings is 2. The molecule has 2 aromatic rings. The van der Waals surface area contributed by atoms with Crippen molar-refractivity contribution in [1.29, 1.82) is 0 Å². The molecule has 0 amide bonds. The van der Waals surface area contributed by atoms with E-state index in [9.17, 15) is 5.11 Å². The number of hydrogen-bond acceptors (Lipinski definition) is 1. The van der Waals surface area contributed by atoms with Crippen LogP contribution in [0.5, 0.6) is 5.75 Å². The Kier molecular flexibility index (Phi) is 3.84. The van der Waals surface area contributed by atoms with Gasteiger partial charge in [-0.05, 0) is 35.4 Å². The summed E-state index contributed by atoms with van der Waals surface area (Å²) >= 11 is 0. The average Bonchev–Trinajstić information content (AvgIpc) is 2.54. The number of hydrogen-bond donors (Lipinski definition) is 1. The highest BCUT2D eigenvalue weighted by atomic mass is 16.3. The highest BCUT2D eigenvalue weighted by molar-refractivity contribution is 5.97. The SMILES string of the molecule is C/C=C\C=C1\C=CC([OH2+])=C(c2c(O)ccc3ccccc23)C1. The average molecular weight is 291 g/mol. The fourth-order valence-electron chi connectivity index (χ4n) is 2.78. The molecule has 0 bridgehead atoms. The molecule has 3 rings (SSSR count). The summed E-state index contributed by atoms with van der Waals surface area (Å²) in [4.78, 5) is 0. The van der Waals surface area contributed by atoms with E-state index in [0.717, 1.165) is 27.5 Å². The summed E-state index contributed by atoms with van der Waals surface area (Å²) < 4.78 is 0. The number of aromatic hydroxyl groups is 1. The maximum atomic E-state index is 10.4. The topological polar surface area (TPSA) is 43.1 Å². The number of phenols is 1. The van der Waals surface area contributed by atoms with Crippen molar-refractivity contribution < 1.29 is 10.2 Å². The Bertz CT molecular complexity index is 836. The zero-order valence-electron chi connectivity index (χ0n) is 12.5. The van der Waals surface area contributed by atoms with Gasteiger partial charge < -0.3 is 10.2 Å². The molecule has 3 N–H and O–H groups in total. The molecule has 2 aromatic carbocycles. The molecule has 22 heavy (non-hydrogen) atoms. The summed E-state index contributed by atoms with van der Waals surface area (Å²) in [6.45, 7) is 1.98. The fraction of sp³-hybridized carbons (Fsp3) is 0.100. The van der Waals surface area contributed by atoms with E-state index in [1.54, 1.807) is 12.1 Å². The second kappa shape index (κ2) is 5.94. The molecule has 0 radical (unpaired) electrons. The molecule has 0 fully saturated rings. The number of rotatable bonds is 2. The predicted molar refractivity (Wildman–Crippen MR) is 92.8 cm³/mol. The summed E-state index contributed by atoms with van der Waals surface area (Å²) in [6.07, 6.45) is 10.4. The maximum absolute atomic E-state index is 10.4. The van der Waals surface area contributed by atoms with E-state index < -0.39 is 0 Å². The van der Waals surface area contributed by atoms with Crippen LogP contribution in [-0.2, 0) is 0 Å². The van der Waals surface area contributed by atoms with Gasteiger partial charge in [-0.25, -0.2) is 0 Å². The molecule has 1 aliphatic carbocycles. The van der Waals surface area contributed by atoms with Gasteiger partial charge in [-0.3, -0.25) is 0 Å². The van der Waals surface area contributed by atoms with Crippen molar-refractivity contribution in [3.63, 3.8) is 0 Å². The monoisotopic (exact) mass is 291 g/mol. The number of phenolic OH excluding ortho intramolecular Hbond substituents is 1. The summed E-state index contributed by atoms with van der Waals surface area (Å²) in [5.41, 5.74) is 2.78. The lowest BCUT2D eigenvalue weighted by atomic mass is 9.89. The lowest BCUT2D eigenvalue weighted by Crippen LogP contribution is -1.98. The minimum Gasteiger partial charge on any atom is -0.593 e. The van der Waals surface area contributed by atoms with Crippen LogP contribution in [0.4, 0.5) is 0 Å². The van der Waals surface area contributed by atoms with Crippen LogP contribution in [-0.4, -0.2) is 10.2 Å². The zero-order valence-corrected chi connectivity index (χ0v) is 12.5. The highest BCUT2D eigenvalue weighted by Gasteiger charge is 2.21. The first-order chi connectivity index (χ1) is 10.7. The first kappa shape index (κ1) is 14.2. The Morgan fingerprint density at radius 3 is 2.73 bits per heavy atom. The van der Waals surface area contributed by atoms with Crippen LogP contribution in [0.1, 0.15) is 18.9 Å². The molecule has 0 aliphatic heterocycles. The Morgan fingerprint density at radius 2 is 1.91 bits per heavy atom. The van der Waals surface area contributed by atoms with E-state index >= 15 is 0 Å². The van der Waals surface area contributed by atoms with Crippen molar-refractivity contribution in [3.05, 3.63) is 83.7 Å². The van der Waals surface area contributed by atoms with Gasteiger partial charge in [-0.2, -0.15) is 0 Å². The molecular weight excluding hydrogens is 272 g/mol. The minimum atomic E-state index is 0.235. The summed E-state index contributed by atoms with van der Waals surface area (Å²) in [7, 11) is 0. The highest BCUT2D eigenvalue weighted by Crippen LogP contribution is 2.39.